The number of hydrogen-bond donors (Lipinski definition) is 2. The van der Waals surface area contributed by atoms with Crippen LogP contribution in [0.1, 0.15) is 40.2 Å². The van der Waals surface area contributed by atoms with Crippen molar-refractivity contribution in [3.8, 4) is 5.75 Å². The Bertz CT molecular complexity index is 482. The molecular weight excluding hydrogens is 288 g/mol. The van der Waals surface area contributed by atoms with Gasteiger partial charge in [0.15, 0.2) is 0 Å². The van der Waals surface area contributed by atoms with Gasteiger partial charge in [0.2, 0.25) is 5.91 Å². The summed E-state index contributed by atoms with van der Waals surface area (Å²) in [5, 5.41) is 2.85. The lowest BCUT2D eigenvalue weighted by atomic mass is 9.87. The second-order valence-corrected chi connectivity index (χ2v) is 6.48. The van der Waals surface area contributed by atoms with E-state index in [1.807, 2.05) is 59.7 Å². The zero-order chi connectivity index (χ0) is 15.5. The molecule has 0 fully saturated rings. The summed E-state index contributed by atoms with van der Waals surface area (Å²) in [6.45, 7) is 11.8. The molecule has 1 aromatic rings. The molecule has 0 aliphatic carbocycles. The molecule has 0 bridgehead atoms. The molecule has 0 unspecified atom stereocenters. The molecule has 1 rings (SSSR count). The molecule has 3 N–H and O–H groups in total. The van der Waals surface area contributed by atoms with Crippen LogP contribution < -0.4 is 15.8 Å². The predicted molar refractivity (Wildman–Crippen MR) is 90.3 cm³/mol. The Labute approximate surface area is 133 Å². The Morgan fingerprint density at radius 2 is 1.86 bits per heavy atom. The first kappa shape index (κ1) is 19.7. The van der Waals surface area contributed by atoms with Crippen LogP contribution in [0.15, 0.2) is 18.2 Å². The molecule has 120 valence electrons. The van der Waals surface area contributed by atoms with Gasteiger partial charge in [0.05, 0.1) is 12.1 Å². The summed E-state index contributed by atoms with van der Waals surface area (Å²) in [5.41, 5.74) is 7.40. The van der Waals surface area contributed by atoms with Crippen LogP contribution in [0.25, 0.3) is 0 Å². The third-order valence-electron chi connectivity index (χ3n) is 3.02. The van der Waals surface area contributed by atoms with E-state index >= 15 is 0 Å². The smallest absolute Gasteiger partial charge is 0.241 e. The van der Waals surface area contributed by atoms with Gasteiger partial charge in [-0.2, -0.15) is 0 Å². The van der Waals surface area contributed by atoms with Gasteiger partial charge in [0.25, 0.3) is 0 Å². The van der Waals surface area contributed by atoms with Gasteiger partial charge in [0.1, 0.15) is 5.75 Å². The Morgan fingerprint density at radius 1 is 1.29 bits per heavy atom. The molecule has 0 aromatic heterocycles. The van der Waals surface area contributed by atoms with E-state index < -0.39 is 6.04 Å². The van der Waals surface area contributed by atoms with Crippen molar-refractivity contribution in [3.63, 3.8) is 0 Å². The van der Waals surface area contributed by atoms with Crippen molar-refractivity contribution in [3.05, 3.63) is 23.8 Å². The number of anilines is 1. The second-order valence-electron chi connectivity index (χ2n) is 6.48. The van der Waals surface area contributed by atoms with E-state index in [0.717, 1.165) is 17.0 Å². The van der Waals surface area contributed by atoms with Crippen molar-refractivity contribution in [1.82, 2.24) is 0 Å². The Morgan fingerprint density at radius 3 is 2.29 bits per heavy atom. The van der Waals surface area contributed by atoms with Gasteiger partial charge in [-0.3, -0.25) is 4.79 Å². The first-order valence-corrected chi connectivity index (χ1v) is 6.95. The zero-order valence-corrected chi connectivity index (χ0v) is 14.5. The van der Waals surface area contributed by atoms with Crippen LogP contribution in [0.3, 0.4) is 0 Å². The SMILES string of the molecule is Cc1cc(NC(=O)[C@@H](N)C(C)(C)C)ccc1OC(C)C.Cl. The first-order valence-electron chi connectivity index (χ1n) is 6.95. The number of nitrogens with two attached hydrogens (primary N) is 1. The highest BCUT2D eigenvalue weighted by atomic mass is 35.5. The fourth-order valence-corrected chi connectivity index (χ4v) is 1.73. The van der Waals surface area contributed by atoms with Gasteiger partial charge in [0, 0.05) is 5.69 Å². The van der Waals surface area contributed by atoms with E-state index in [-0.39, 0.29) is 29.8 Å². The second kappa shape index (κ2) is 7.66. The summed E-state index contributed by atoms with van der Waals surface area (Å²) in [5.74, 6) is 0.660. The quantitative estimate of drug-likeness (QED) is 0.893. The molecule has 1 atom stereocenters. The molecule has 0 aliphatic heterocycles. The van der Waals surface area contributed by atoms with Gasteiger partial charge in [-0.1, -0.05) is 20.8 Å². The minimum atomic E-state index is -0.547. The van der Waals surface area contributed by atoms with Crippen LogP contribution in [0.2, 0.25) is 0 Å². The number of carbonyl (C=O) groups excluding carboxylic acids is 1. The van der Waals surface area contributed by atoms with Gasteiger partial charge in [-0.15, -0.1) is 12.4 Å². The van der Waals surface area contributed by atoms with Crippen molar-refractivity contribution in [1.29, 1.82) is 0 Å². The molecule has 0 aliphatic rings. The third-order valence-corrected chi connectivity index (χ3v) is 3.02. The standard InChI is InChI=1S/C16H26N2O2.ClH/c1-10(2)20-13-8-7-12(9-11(13)3)18-15(19)14(17)16(4,5)6;/h7-10,14H,17H2,1-6H3,(H,18,19);1H/t14-;/m1./s1. The van der Waals surface area contributed by atoms with Crippen LogP contribution in [0.5, 0.6) is 5.75 Å². The maximum Gasteiger partial charge on any atom is 0.241 e. The van der Waals surface area contributed by atoms with E-state index in [4.69, 9.17) is 10.5 Å². The average Bonchev–Trinajstić information content (AvgIpc) is 2.30. The summed E-state index contributed by atoms with van der Waals surface area (Å²) < 4.78 is 5.67. The number of nitrogens with one attached hydrogen (secondary N) is 1. The topological polar surface area (TPSA) is 64.4 Å². The number of halogens is 1. The number of hydrogen-bond acceptors (Lipinski definition) is 3. The zero-order valence-electron chi connectivity index (χ0n) is 13.7. The molecule has 21 heavy (non-hydrogen) atoms. The Balaban J connectivity index is 0.00000400. The fraction of sp³-hybridized carbons (Fsp3) is 0.562. The molecule has 1 aromatic carbocycles. The van der Waals surface area contributed by atoms with Gasteiger partial charge < -0.3 is 15.8 Å². The highest BCUT2D eigenvalue weighted by Crippen LogP contribution is 2.24. The Kier molecular flexibility index (Phi) is 7.20. The maximum atomic E-state index is 12.1. The largest absolute Gasteiger partial charge is 0.491 e. The molecule has 1 amide bonds. The summed E-state index contributed by atoms with van der Waals surface area (Å²) in [6.07, 6.45) is 0.128. The van der Waals surface area contributed by atoms with E-state index in [2.05, 4.69) is 5.32 Å². The Hall–Kier alpha value is -1.26. The molecule has 0 saturated carbocycles. The van der Waals surface area contributed by atoms with Gasteiger partial charge in [-0.05, 0) is 49.9 Å². The molecule has 0 radical (unpaired) electrons. The minimum absolute atomic E-state index is 0. The molecule has 5 heteroatoms. The van der Waals surface area contributed by atoms with Crippen molar-refractivity contribution < 1.29 is 9.53 Å². The first-order chi connectivity index (χ1) is 9.11. The number of ether oxygens (including phenoxy) is 1. The summed E-state index contributed by atoms with van der Waals surface area (Å²) in [7, 11) is 0. The van der Waals surface area contributed by atoms with Crippen LogP contribution >= 0.6 is 12.4 Å². The molecule has 0 saturated heterocycles. The number of aryl methyl sites for hydroxylation is 1. The lowest BCUT2D eigenvalue weighted by Crippen LogP contribution is -2.45. The van der Waals surface area contributed by atoms with Crippen molar-refractivity contribution >= 4 is 24.0 Å². The number of carbonyl (C=O) groups is 1. The van der Waals surface area contributed by atoms with E-state index in [9.17, 15) is 4.79 Å². The number of amides is 1. The van der Waals surface area contributed by atoms with Crippen molar-refractivity contribution in [2.75, 3.05) is 5.32 Å². The minimum Gasteiger partial charge on any atom is -0.491 e. The lowest BCUT2D eigenvalue weighted by molar-refractivity contribution is -0.119. The highest BCUT2D eigenvalue weighted by molar-refractivity contribution is 5.95. The molecule has 0 spiro atoms. The lowest BCUT2D eigenvalue weighted by Gasteiger charge is -2.26. The normalized spacial score (nSPS) is 12.6. The number of benzene rings is 1. The average molecular weight is 315 g/mol. The van der Waals surface area contributed by atoms with Crippen molar-refractivity contribution in [2.45, 2.75) is 53.7 Å². The summed E-state index contributed by atoms with van der Waals surface area (Å²) >= 11 is 0. The van der Waals surface area contributed by atoms with E-state index in [0.29, 0.717) is 0 Å². The molecular formula is C16H27ClN2O2. The monoisotopic (exact) mass is 314 g/mol. The maximum absolute atomic E-state index is 12.1. The molecule has 4 nitrogen and oxygen atoms in total. The third kappa shape index (κ3) is 5.94. The van der Waals surface area contributed by atoms with Crippen LogP contribution in [-0.4, -0.2) is 18.1 Å². The van der Waals surface area contributed by atoms with Gasteiger partial charge >= 0.3 is 0 Å². The van der Waals surface area contributed by atoms with Gasteiger partial charge in [-0.25, -0.2) is 0 Å². The van der Waals surface area contributed by atoms with E-state index in [1.54, 1.807) is 0 Å². The summed E-state index contributed by atoms with van der Waals surface area (Å²) in [6, 6.07) is 5.05. The number of rotatable bonds is 4. The summed E-state index contributed by atoms with van der Waals surface area (Å²) in [4.78, 5) is 12.1. The van der Waals surface area contributed by atoms with E-state index in [1.165, 1.54) is 0 Å². The fourth-order valence-electron chi connectivity index (χ4n) is 1.73. The van der Waals surface area contributed by atoms with Crippen LogP contribution in [0.4, 0.5) is 5.69 Å². The van der Waals surface area contributed by atoms with Crippen LogP contribution in [-0.2, 0) is 4.79 Å². The van der Waals surface area contributed by atoms with Crippen LogP contribution in [0, 0.1) is 12.3 Å². The van der Waals surface area contributed by atoms with Crippen molar-refractivity contribution in [2.24, 2.45) is 11.1 Å². The highest BCUT2D eigenvalue weighted by Gasteiger charge is 2.27. The molecule has 0 heterocycles. The predicted octanol–water partition coefficient (Wildman–Crippen LogP) is 3.52.